The number of fused-ring (bicyclic) bond motifs is 1. The van der Waals surface area contributed by atoms with E-state index in [0.717, 1.165) is 38.9 Å². The Labute approximate surface area is 147 Å². The van der Waals surface area contributed by atoms with Crippen LogP contribution >= 0.6 is 0 Å². The molecule has 1 aromatic heterocycles. The Kier molecular flexibility index (Phi) is 4.53. The van der Waals surface area contributed by atoms with Crippen molar-refractivity contribution in [2.24, 2.45) is 0 Å². The van der Waals surface area contributed by atoms with Crippen molar-refractivity contribution in [3.63, 3.8) is 0 Å². The van der Waals surface area contributed by atoms with Crippen molar-refractivity contribution in [2.45, 2.75) is 34.2 Å². The Bertz CT molecular complexity index is 933. The summed E-state index contributed by atoms with van der Waals surface area (Å²) in [5.74, 6) is -0.0261. The summed E-state index contributed by atoms with van der Waals surface area (Å²) in [6, 6.07) is 12.1. The van der Waals surface area contributed by atoms with Gasteiger partial charge in [-0.05, 0) is 56.5 Å². The predicted octanol–water partition coefficient (Wildman–Crippen LogP) is 4.65. The quantitative estimate of drug-likeness (QED) is 0.737. The van der Waals surface area contributed by atoms with Gasteiger partial charge in [0.1, 0.15) is 18.1 Å². The second kappa shape index (κ2) is 6.63. The Morgan fingerprint density at radius 1 is 1.08 bits per heavy atom. The first-order valence-corrected chi connectivity index (χ1v) is 8.42. The molecule has 3 aromatic rings. The lowest BCUT2D eigenvalue weighted by atomic mass is 10.1. The van der Waals surface area contributed by atoms with E-state index in [1.54, 1.807) is 0 Å². The van der Waals surface area contributed by atoms with E-state index >= 15 is 0 Å². The van der Waals surface area contributed by atoms with Crippen molar-refractivity contribution >= 4 is 16.9 Å². The number of hydrogen-bond acceptors (Lipinski definition) is 2. The molecule has 0 aliphatic rings. The van der Waals surface area contributed by atoms with Crippen LogP contribution < -0.4 is 4.74 Å². The molecule has 0 aliphatic carbocycles. The monoisotopic (exact) mass is 337 g/mol. The number of rotatable bonds is 5. The van der Waals surface area contributed by atoms with Gasteiger partial charge in [-0.1, -0.05) is 29.8 Å². The summed E-state index contributed by atoms with van der Waals surface area (Å²) in [5.41, 5.74) is 5.37. The molecule has 3 rings (SSSR count). The lowest BCUT2D eigenvalue weighted by Gasteiger charge is -2.14. The molecule has 4 nitrogen and oxygen atoms in total. The molecule has 2 aromatic carbocycles. The van der Waals surface area contributed by atoms with Gasteiger partial charge in [-0.2, -0.15) is 0 Å². The molecule has 0 amide bonds. The molecule has 0 unspecified atom stereocenters. The second-order valence-corrected chi connectivity index (χ2v) is 6.52. The molecule has 0 aliphatic heterocycles. The van der Waals surface area contributed by atoms with Gasteiger partial charge in [-0.15, -0.1) is 0 Å². The van der Waals surface area contributed by atoms with Gasteiger partial charge in [0.05, 0.1) is 6.54 Å². The van der Waals surface area contributed by atoms with Crippen LogP contribution in [0.5, 0.6) is 5.75 Å². The third kappa shape index (κ3) is 3.12. The van der Waals surface area contributed by atoms with Crippen LogP contribution in [0.3, 0.4) is 0 Å². The molecular formula is C21H23NO3. The highest BCUT2D eigenvalue weighted by Crippen LogP contribution is 2.27. The summed E-state index contributed by atoms with van der Waals surface area (Å²) in [4.78, 5) is 11.8. The average molecular weight is 337 g/mol. The molecular weight excluding hydrogens is 314 g/mol. The lowest BCUT2D eigenvalue weighted by molar-refractivity contribution is 0.0684. The minimum absolute atomic E-state index is 0.339. The smallest absolute Gasteiger partial charge is 0.352 e. The van der Waals surface area contributed by atoms with Crippen LogP contribution in [0.2, 0.25) is 0 Å². The van der Waals surface area contributed by atoms with Crippen LogP contribution in [0.15, 0.2) is 36.4 Å². The second-order valence-electron chi connectivity index (χ2n) is 6.52. The van der Waals surface area contributed by atoms with Crippen molar-refractivity contribution in [3.8, 4) is 5.75 Å². The Morgan fingerprint density at radius 3 is 2.40 bits per heavy atom. The predicted molar refractivity (Wildman–Crippen MR) is 99.8 cm³/mol. The highest BCUT2D eigenvalue weighted by atomic mass is 16.5. The van der Waals surface area contributed by atoms with Gasteiger partial charge in [0.15, 0.2) is 0 Å². The van der Waals surface area contributed by atoms with Gasteiger partial charge in [0.25, 0.3) is 0 Å². The van der Waals surface area contributed by atoms with Gasteiger partial charge in [0.2, 0.25) is 0 Å². The highest BCUT2D eigenvalue weighted by molar-refractivity contribution is 5.98. The van der Waals surface area contributed by atoms with E-state index in [-0.39, 0.29) is 0 Å². The number of aromatic nitrogens is 1. The van der Waals surface area contributed by atoms with E-state index in [2.05, 4.69) is 0 Å². The number of carbonyl (C=O) groups is 1. The molecule has 0 saturated carbocycles. The molecule has 0 bridgehead atoms. The zero-order valence-electron chi connectivity index (χ0n) is 15.1. The minimum atomic E-state index is -0.904. The number of nitrogens with zero attached hydrogens (tertiary/aromatic N) is 1. The fourth-order valence-corrected chi connectivity index (χ4v) is 3.41. The third-order valence-corrected chi connectivity index (χ3v) is 4.64. The Hall–Kier alpha value is -2.75. The van der Waals surface area contributed by atoms with Crippen LogP contribution in [0.25, 0.3) is 10.9 Å². The van der Waals surface area contributed by atoms with Crippen LogP contribution in [0.4, 0.5) is 0 Å². The van der Waals surface area contributed by atoms with Gasteiger partial charge < -0.3 is 14.4 Å². The SMILES string of the molecule is Cc1ccc2c(c1)c(C)c(C(=O)O)n2CCOc1c(C)cccc1C. The maximum atomic E-state index is 11.8. The summed E-state index contributed by atoms with van der Waals surface area (Å²) in [6.45, 7) is 8.83. The van der Waals surface area contributed by atoms with E-state index in [0.29, 0.717) is 18.8 Å². The molecule has 0 radical (unpaired) electrons. The molecule has 0 atom stereocenters. The standard InChI is InChI=1S/C21H23NO3/c1-13-8-9-18-17(12-13)16(4)19(21(23)24)22(18)10-11-25-20-14(2)6-5-7-15(20)3/h5-9,12H,10-11H2,1-4H3,(H,23,24). The maximum absolute atomic E-state index is 11.8. The molecule has 25 heavy (non-hydrogen) atoms. The van der Waals surface area contributed by atoms with Crippen LogP contribution in [-0.2, 0) is 6.54 Å². The average Bonchev–Trinajstić information content (AvgIpc) is 2.82. The molecule has 1 N–H and O–H groups in total. The number of ether oxygens (including phenoxy) is 1. The fourth-order valence-electron chi connectivity index (χ4n) is 3.41. The van der Waals surface area contributed by atoms with Crippen LogP contribution in [0, 0.1) is 27.7 Å². The number of para-hydroxylation sites is 1. The van der Waals surface area contributed by atoms with E-state index in [4.69, 9.17) is 4.74 Å². The first-order valence-electron chi connectivity index (χ1n) is 8.42. The summed E-state index contributed by atoms with van der Waals surface area (Å²) < 4.78 is 7.82. The minimum Gasteiger partial charge on any atom is -0.491 e. The number of aromatic carboxylic acids is 1. The third-order valence-electron chi connectivity index (χ3n) is 4.64. The fraction of sp³-hybridized carbons (Fsp3) is 0.286. The zero-order chi connectivity index (χ0) is 18.1. The van der Waals surface area contributed by atoms with Crippen molar-refractivity contribution in [3.05, 3.63) is 64.3 Å². The molecule has 1 heterocycles. The molecule has 130 valence electrons. The molecule has 0 fully saturated rings. The van der Waals surface area contributed by atoms with Crippen molar-refractivity contribution in [1.29, 1.82) is 0 Å². The van der Waals surface area contributed by atoms with Gasteiger partial charge >= 0.3 is 5.97 Å². The van der Waals surface area contributed by atoms with Crippen molar-refractivity contribution < 1.29 is 14.6 Å². The van der Waals surface area contributed by atoms with Gasteiger partial charge in [0, 0.05) is 10.9 Å². The van der Waals surface area contributed by atoms with Crippen LogP contribution in [-0.4, -0.2) is 22.2 Å². The Morgan fingerprint density at radius 2 is 1.76 bits per heavy atom. The molecule has 4 heteroatoms. The lowest BCUT2D eigenvalue weighted by Crippen LogP contribution is -2.15. The maximum Gasteiger partial charge on any atom is 0.352 e. The zero-order valence-corrected chi connectivity index (χ0v) is 15.1. The van der Waals surface area contributed by atoms with Crippen molar-refractivity contribution in [1.82, 2.24) is 4.57 Å². The van der Waals surface area contributed by atoms with Gasteiger partial charge in [-0.25, -0.2) is 4.79 Å². The number of carboxylic acid groups (broad SMARTS) is 1. The van der Waals surface area contributed by atoms with Gasteiger partial charge in [-0.3, -0.25) is 0 Å². The van der Waals surface area contributed by atoms with Crippen molar-refractivity contribution in [2.75, 3.05) is 6.61 Å². The number of carboxylic acids is 1. The first-order chi connectivity index (χ1) is 11.9. The summed E-state index contributed by atoms with van der Waals surface area (Å²) in [5, 5.41) is 10.7. The van der Waals surface area contributed by atoms with E-state index in [9.17, 15) is 9.90 Å². The summed E-state index contributed by atoms with van der Waals surface area (Å²) in [7, 11) is 0. The van der Waals surface area contributed by atoms with E-state index < -0.39 is 5.97 Å². The largest absolute Gasteiger partial charge is 0.491 e. The van der Waals surface area contributed by atoms with E-state index in [1.165, 1.54) is 0 Å². The topological polar surface area (TPSA) is 51.5 Å². The number of hydrogen-bond donors (Lipinski definition) is 1. The first kappa shape index (κ1) is 17.1. The van der Waals surface area contributed by atoms with Crippen LogP contribution in [0.1, 0.15) is 32.7 Å². The number of benzene rings is 2. The molecule has 0 saturated heterocycles. The number of aryl methyl sites for hydroxylation is 4. The normalized spacial score (nSPS) is 11.0. The summed E-state index contributed by atoms with van der Waals surface area (Å²) >= 11 is 0. The Balaban J connectivity index is 1.93. The molecule has 0 spiro atoms. The van der Waals surface area contributed by atoms with E-state index in [1.807, 2.05) is 68.7 Å². The highest BCUT2D eigenvalue weighted by Gasteiger charge is 2.19. The summed E-state index contributed by atoms with van der Waals surface area (Å²) in [6.07, 6.45) is 0.